The van der Waals surface area contributed by atoms with Crippen LogP contribution < -0.4 is 11.1 Å². The molecule has 27 heavy (non-hydrogen) atoms. The zero-order chi connectivity index (χ0) is 19.1. The maximum atomic E-state index is 12.5. The summed E-state index contributed by atoms with van der Waals surface area (Å²) in [4.78, 5) is 24.4. The number of carbonyl (C=O) groups excluding carboxylic acids is 2. The van der Waals surface area contributed by atoms with E-state index in [1.165, 1.54) is 0 Å². The second-order valence-electron chi connectivity index (χ2n) is 6.00. The second kappa shape index (κ2) is 8.67. The molecule has 0 radical (unpaired) electrons. The van der Waals surface area contributed by atoms with E-state index in [0.29, 0.717) is 5.56 Å². The molecule has 1 atom stereocenters. The molecule has 1 unspecified atom stereocenters. The number of primary amides is 1. The van der Waals surface area contributed by atoms with Gasteiger partial charge in [0.15, 0.2) is 6.10 Å². The molecular weight excluding hydrogens is 340 g/mol. The van der Waals surface area contributed by atoms with E-state index in [9.17, 15) is 9.59 Å². The van der Waals surface area contributed by atoms with E-state index in [1.54, 1.807) is 24.3 Å². The minimum atomic E-state index is -0.967. The smallest absolute Gasteiger partial charge is 0.409 e. The number of hydrogen-bond donors (Lipinski definition) is 2. The van der Waals surface area contributed by atoms with Crippen LogP contribution in [0.15, 0.2) is 91.0 Å². The minimum absolute atomic E-state index is 0.595. The van der Waals surface area contributed by atoms with Crippen molar-refractivity contribution in [1.82, 2.24) is 5.32 Å². The molecule has 2 amide bonds. The molecule has 0 saturated heterocycles. The van der Waals surface area contributed by atoms with Gasteiger partial charge >= 0.3 is 6.09 Å². The maximum absolute atomic E-state index is 12.5. The number of amides is 2. The Bertz CT molecular complexity index is 844. The van der Waals surface area contributed by atoms with Gasteiger partial charge in [0.25, 0.3) is 0 Å². The zero-order valence-corrected chi connectivity index (χ0v) is 14.6. The van der Waals surface area contributed by atoms with Crippen LogP contribution >= 0.6 is 0 Å². The van der Waals surface area contributed by atoms with Crippen molar-refractivity contribution in [2.75, 3.05) is 0 Å². The minimum Gasteiger partial charge on any atom is -0.436 e. The van der Waals surface area contributed by atoms with Gasteiger partial charge in [-0.1, -0.05) is 91.0 Å². The number of ether oxygens (including phenoxy) is 1. The van der Waals surface area contributed by atoms with Crippen LogP contribution in [0.1, 0.15) is 28.8 Å². The van der Waals surface area contributed by atoms with Gasteiger partial charge < -0.3 is 15.8 Å². The molecule has 3 N–H and O–H groups in total. The topological polar surface area (TPSA) is 81.4 Å². The normalized spacial score (nSPS) is 11.6. The van der Waals surface area contributed by atoms with Gasteiger partial charge in [-0.3, -0.25) is 4.79 Å². The van der Waals surface area contributed by atoms with Gasteiger partial charge in [-0.25, -0.2) is 4.79 Å². The third-order valence-electron chi connectivity index (χ3n) is 4.11. The molecule has 0 spiro atoms. The molecule has 3 aromatic rings. The molecule has 5 nitrogen and oxygen atoms in total. The summed E-state index contributed by atoms with van der Waals surface area (Å²) in [7, 11) is 0. The predicted molar refractivity (Wildman–Crippen MR) is 103 cm³/mol. The summed E-state index contributed by atoms with van der Waals surface area (Å²) in [5, 5.41) is 2.57. The van der Waals surface area contributed by atoms with Crippen molar-refractivity contribution >= 4 is 12.0 Å². The molecule has 0 aromatic heterocycles. The van der Waals surface area contributed by atoms with Crippen molar-refractivity contribution in [2.45, 2.75) is 12.1 Å². The Balaban J connectivity index is 1.81. The van der Waals surface area contributed by atoms with Crippen LogP contribution in [-0.2, 0) is 9.53 Å². The summed E-state index contributed by atoms with van der Waals surface area (Å²) in [6, 6.07) is 26.7. The van der Waals surface area contributed by atoms with Crippen molar-refractivity contribution in [1.29, 1.82) is 0 Å². The van der Waals surface area contributed by atoms with E-state index in [4.69, 9.17) is 10.5 Å². The standard InChI is InChI=1S/C22H20N2O3/c23-21(25)19(16-10-4-1-5-11-16)24-22(26)27-20(17-12-6-2-7-13-17)18-14-8-3-9-15-18/h1-15,19-20H,(H2,23,25)(H,24,26). The molecule has 3 rings (SSSR count). The molecule has 3 aromatic carbocycles. The maximum Gasteiger partial charge on any atom is 0.409 e. The van der Waals surface area contributed by atoms with E-state index >= 15 is 0 Å². The molecule has 5 heteroatoms. The Morgan fingerprint density at radius 3 is 1.52 bits per heavy atom. The van der Waals surface area contributed by atoms with Gasteiger partial charge in [0.05, 0.1) is 0 Å². The molecule has 0 aliphatic heterocycles. The van der Waals surface area contributed by atoms with Crippen molar-refractivity contribution in [3.05, 3.63) is 108 Å². The van der Waals surface area contributed by atoms with Crippen LogP contribution in [0.3, 0.4) is 0 Å². The lowest BCUT2D eigenvalue weighted by atomic mass is 10.0. The van der Waals surface area contributed by atoms with E-state index in [0.717, 1.165) is 11.1 Å². The largest absolute Gasteiger partial charge is 0.436 e. The Kier molecular flexibility index (Phi) is 5.84. The van der Waals surface area contributed by atoms with Crippen molar-refractivity contribution < 1.29 is 14.3 Å². The molecular formula is C22H20N2O3. The molecule has 0 bridgehead atoms. The van der Waals surface area contributed by atoms with Gasteiger partial charge in [0.1, 0.15) is 6.04 Å². The number of carbonyl (C=O) groups is 2. The highest BCUT2D eigenvalue weighted by Gasteiger charge is 2.24. The van der Waals surface area contributed by atoms with Crippen molar-refractivity contribution in [2.24, 2.45) is 5.73 Å². The monoisotopic (exact) mass is 360 g/mol. The summed E-state index contributed by atoms with van der Waals surface area (Å²) < 4.78 is 5.67. The highest BCUT2D eigenvalue weighted by molar-refractivity contribution is 5.85. The van der Waals surface area contributed by atoms with E-state index in [2.05, 4.69) is 5.32 Å². The van der Waals surface area contributed by atoms with Crippen molar-refractivity contribution in [3.63, 3.8) is 0 Å². The third-order valence-corrected chi connectivity index (χ3v) is 4.11. The average molecular weight is 360 g/mol. The number of rotatable bonds is 6. The van der Waals surface area contributed by atoms with Crippen LogP contribution in [0.4, 0.5) is 4.79 Å². The molecule has 0 aliphatic rings. The highest BCUT2D eigenvalue weighted by Crippen LogP contribution is 2.26. The first-order valence-electron chi connectivity index (χ1n) is 8.56. The van der Waals surface area contributed by atoms with Gasteiger partial charge in [0, 0.05) is 0 Å². The molecule has 0 saturated carbocycles. The lowest BCUT2D eigenvalue weighted by Gasteiger charge is -2.21. The van der Waals surface area contributed by atoms with Crippen LogP contribution in [0, 0.1) is 0 Å². The number of benzene rings is 3. The lowest BCUT2D eigenvalue weighted by molar-refractivity contribution is -0.120. The van der Waals surface area contributed by atoms with E-state index in [-0.39, 0.29) is 0 Å². The Morgan fingerprint density at radius 2 is 1.11 bits per heavy atom. The number of nitrogens with one attached hydrogen (secondary N) is 1. The summed E-state index contributed by atoms with van der Waals surface area (Å²) >= 11 is 0. The summed E-state index contributed by atoms with van der Waals surface area (Å²) in [5.41, 5.74) is 7.71. The predicted octanol–water partition coefficient (Wildman–Crippen LogP) is 3.73. The fourth-order valence-electron chi connectivity index (χ4n) is 2.81. The van der Waals surface area contributed by atoms with Crippen LogP contribution in [0.2, 0.25) is 0 Å². The zero-order valence-electron chi connectivity index (χ0n) is 14.6. The van der Waals surface area contributed by atoms with E-state index < -0.39 is 24.1 Å². The lowest BCUT2D eigenvalue weighted by Crippen LogP contribution is -2.38. The SMILES string of the molecule is NC(=O)C(NC(=O)OC(c1ccccc1)c1ccccc1)c1ccccc1. The average Bonchev–Trinajstić information content (AvgIpc) is 2.72. The second-order valence-corrected chi connectivity index (χ2v) is 6.00. The number of alkyl carbamates (subject to hydrolysis) is 1. The van der Waals surface area contributed by atoms with Crippen LogP contribution in [0.25, 0.3) is 0 Å². The Labute approximate surface area is 157 Å². The number of nitrogens with two attached hydrogens (primary N) is 1. The van der Waals surface area contributed by atoms with Crippen LogP contribution in [0.5, 0.6) is 0 Å². The van der Waals surface area contributed by atoms with Gasteiger partial charge in [-0.15, -0.1) is 0 Å². The molecule has 0 heterocycles. The first-order chi connectivity index (χ1) is 13.1. The Morgan fingerprint density at radius 1 is 0.704 bits per heavy atom. The summed E-state index contributed by atoms with van der Waals surface area (Å²) in [6.45, 7) is 0. The third kappa shape index (κ3) is 4.73. The first kappa shape index (κ1) is 18.2. The highest BCUT2D eigenvalue weighted by atomic mass is 16.6. The van der Waals surface area contributed by atoms with Crippen LogP contribution in [-0.4, -0.2) is 12.0 Å². The summed E-state index contributed by atoms with van der Waals surface area (Å²) in [5.74, 6) is -0.658. The molecule has 0 fully saturated rings. The Hall–Kier alpha value is -3.60. The van der Waals surface area contributed by atoms with Gasteiger partial charge in [-0.2, -0.15) is 0 Å². The fourth-order valence-corrected chi connectivity index (χ4v) is 2.81. The van der Waals surface area contributed by atoms with Gasteiger partial charge in [-0.05, 0) is 16.7 Å². The molecule has 0 aliphatic carbocycles. The van der Waals surface area contributed by atoms with E-state index in [1.807, 2.05) is 66.7 Å². The number of hydrogen-bond acceptors (Lipinski definition) is 3. The fraction of sp³-hybridized carbons (Fsp3) is 0.0909. The van der Waals surface area contributed by atoms with Crippen molar-refractivity contribution in [3.8, 4) is 0 Å². The van der Waals surface area contributed by atoms with Gasteiger partial charge in [0.2, 0.25) is 5.91 Å². The first-order valence-corrected chi connectivity index (χ1v) is 8.56. The molecule has 136 valence electrons. The summed E-state index contributed by atoms with van der Waals surface area (Å²) in [6.07, 6.45) is -1.32. The quantitative estimate of drug-likeness (QED) is 0.703.